The fraction of sp³-hybridized carbons (Fsp3) is 0.929. The van der Waals surface area contributed by atoms with Gasteiger partial charge in [-0.3, -0.25) is 0 Å². The Hall–Kier alpha value is -0.340. The first-order chi connectivity index (χ1) is 14.6. The summed E-state index contributed by atoms with van der Waals surface area (Å²) in [5.41, 5.74) is 5.63. The summed E-state index contributed by atoms with van der Waals surface area (Å²) in [6, 6.07) is 0. The van der Waals surface area contributed by atoms with Crippen molar-refractivity contribution < 1.29 is 4.48 Å². The molecule has 0 spiro atoms. The van der Waals surface area contributed by atoms with Crippen LogP contribution in [0.2, 0.25) is 0 Å². The predicted molar refractivity (Wildman–Crippen MR) is 138 cm³/mol. The van der Waals surface area contributed by atoms with E-state index < -0.39 is 0 Å². The maximum absolute atomic E-state index is 5.63. The van der Waals surface area contributed by atoms with Gasteiger partial charge in [-0.1, -0.05) is 103 Å². The molecule has 0 atom stereocenters. The minimum atomic E-state index is 0.831. The summed E-state index contributed by atoms with van der Waals surface area (Å²) in [5, 5.41) is 0. The second-order valence-corrected chi connectivity index (χ2v) is 10.2. The minimum Gasteiger partial charge on any atom is -0.330 e. The van der Waals surface area contributed by atoms with Crippen molar-refractivity contribution in [3.8, 4) is 0 Å². The maximum atomic E-state index is 5.63. The number of unbranched alkanes of at least 4 members (excludes halogenated alkanes) is 17. The van der Waals surface area contributed by atoms with Crippen LogP contribution in [0.3, 0.4) is 0 Å². The van der Waals surface area contributed by atoms with Crippen LogP contribution < -0.4 is 5.73 Å². The van der Waals surface area contributed by atoms with Crippen LogP contribution >= 0.6 is 0 Å². The van der Waals surface area contributed by atoms with Gasteiger partial charge in [-0.25, -0.2) is 0 Å². The second-order valence-electron chi connectivity index (χ2n) is 10.2. The van der Waals surface area contributed by atoms with E-state index in [0.717, 1.165) is 17.4 Å². The molecule has 2 heteroatoms. The molecular weight excluding hydrogens is 364 g/mol. The van der Waals surface area contributed by atoms with Crippen LogP contribution in [-0.4, -0.2) is 38.2 Å². The Kier molecular flexibility index (Phi) is 23.1. The number of hydrogen-bond acceptors (Lipinski definition) is 1. The van der Waals surface area contributed by atoms with Crippen molar-refractivity contribution in [2.45, 2.75) is 135 Å². The Morgan fingerprint density at radius 3 is 1.30 bits per heavy atom. The maximum Gasteiger partial charge on any atom is 0.0794 e. The molecule has 0 aliphatic heterocycles. The largest absolute Gasteiger partial charge is 0.330 e. The first-order valence-corrected chi connectivity index (χ1v) is 13.8. The lowest BCUT2D eigenvalue weighted by atomic mass is 10.0. The Balaban J connectivity index is 3.18. The molecule has 0 aromatic rings. The van der Waals surface area contributed by atoms with Gasteiger partial charge in [-0.15, -0.1) is 0 Å². The van der Waals surface area contributed by atoms with E-state index >= 15 is 0 Å². The monoisotopic (exact) mass is 423 g/mol. The third kappa shape index (κ3) is 23.9. The van der Waals surface area contributed by atoms with Crippen molar-refractivity contribution in [1.29, 1.82) is 0 Å². The summed E-state index contributed by atoms with van der Waals surface area (Å²) >= 11 is 0. The van der Waals surface area contributed by atoms with Crippen molar-refractivity contribution in [3.63, 3.8) is 0 Å². The molecule has 0 unspecified atom stereocenters. The number of allylic oxidation sites excluding steroid dienone is 2. The molecule has 2 N–H and O–H groups in total. The lowest BCUT2D eigenvalue weighted by molar-refractivity contribution is -0.890. The van der Waals surface area contributed by atoms with Gasteiger partial charge in [0.25, 0.3) is 0 Å². The van der Waals surface area contributed by atoms with Crippen molar-refractivity contribution in [3.05, 3.63) is 12.2 Å². The molecule has 0 rings (SSSR count). The molecule has 30 heavy (non-hydrogen) atoms. The van der Waals surface area contributed by atoms with Crippen molar-refractivity contribution >= 4 is 0 Å². The van der Waals surface area contributed by atoms with E-state index in [1.54, 1.807) is 0 Å². The molecule has 180 valence electrons. The van der Waals surface area contributed by atoms with Crippen LogP contribution in [0.15, 0.2) is 12.2 Å². The predicted octanol–water partition coefficient (Wildman–Crippen LogP) is 8.40. The topological polar surface area (TPSA) is 26.0 Å². The van der Waals surface area contributed by atoms with E-state index in [9.17, 15) is 0 Å². The van der Waals surface area contributed by atoms with Crippen LogP contribution in [0.4, 0.5) is 0 Å². The van der Waals surface area contributed by atoms with Crippen LogP contribution in [0, 0.1) is 0 Å². The van der Waals surface area contributed by atoms with E-state index in [1.807, 2.05) is 0 Å². The van der Waals surface area contributed by atoms with Gasteiger partial charge in [0.1, 0.15) is 0 Å². The van der Waals surface area contributed by atoms with E-state index in [1.165, 1.54) is 135 Å². The van der Waals surface area contributed by atoms with Crippen LogP contribution in [0.1, 0.15) is 135 Å². The van der Waals surface area contributed by atoms with E-state index in [4.69, 9.17) is 5.73 Å². The van der Waals surface area contributed by atoms with E-state index in [2.05, 4.69) is 33.2 Å². The van der Waals surface area contributed by atoms with Crippen LogP contribution in [0.5, 0.6) is 0 Å². The van der Waals surface area contributed by atoms with Gasteiger partial charge in [0.2, 0.25) is 0 Å². The molecule has 0 aromatic heterocycles. The van der Waals surface area contributed by atoms with Gasteiger partial charge in [-0.05, 0) is 45.1 Å². The quantitative estimate of drug-likeness (QED) is 0.0941. The Morgan fingerprint density at radius 1 is 0.500 bits per heavy atom. The van der Waals surface area contributed by atoms with Gasteiger partial charge in [-0.2, -0.15) is 0 Å². The zero-order chi connectivity index (χ0) is 22.2. The number of hydrogen-bond donors (Lipinski definition) is 1. The fourth-order valence-corrected chi connectivity index (χ4v) is 4.30. The lowest BCUT2D eigenvalue weighted by Gasteiger charge is -2.29. The van der Waals surface area contributed by atoms with Crippen molar-refractivity contribution in [2.75, 3.05) is 33.7 Å². The van der Waals surface area contributed by atoms with Gasteiger partial charge >= 0.3 is 0 Å². The molecule has 2 nitrogen and oxygen atoms in total. The number of quaternary nitrogens is 1. The molecule has 0 bridgehead atoms. The van der Waals surface area contributed by atoms with Gasteiger partial charge in [0, 0.05) is 6.42 Å². The number of nitrogens with zero attached hydrogens (tertiary/aromatic N) is 1. The zero-order valence-electron chi connectivity index (χ0n) is 21.4. The average Bonchev–Trinajstić information content (AvgIpc) is 2.73. The summed E-state index contributed by atoms with van der Waals surface area (Å²) in [7, 11) is 4.70. The molecule has 0 radical (unpaired) electrons. The summed E-state index contributed by atoms with van der Waals surface area (Å²) < 4.78 is 1.14. The summed E-state index contributed by atoms with van der Waals surface area (Å²) in [6.45, 7) is 5.66. The highest BCUT2D eigenvalue weighted by molar-refractivity contribution is 4.81. The molecule has 0 saturated heterocycles. The van der Waals surface area contributed by atoms with Crippen LogP contribution in [-0.2, 0) is 0 Å². The third-order valence-corrected chi connectivity index (χ3v) is 6.49. The van der Waals surface area contributed by atoms with E-state index in [0.29, 0.717) is 0 Å². The Morgan fingerprint density at radius 2 is 0.867 bits per heavy atom. The molecule has 0 aliphatic carbocycles. The highest BCUT2D eigenvalue weighted by atomic mass is 15.3. The summed E-state index contributed by atoms with van der Waals surface area (Å²) in [4.78, 5) is 0. The minimum absolute atomic E-state index is 0.831. The van der Waals surface area contributed by atoms with E-state index in [-0.39, 0.29) is 0 Å². The van der Waals surface area contributed by atoms with Gasteiger partial charge in [0.05, 0.1) is 27.2 Å². The van der Waals surface area contributed by atoms with Gasteiger partial charge in [0.15, 0.2) is 0 Å². The molecule has 0 aliphatic rings. The molecule has 0 heterocycles. The molecule has 0 aromatic carbocycles. The average molecular weight is 424 g/mol. The second kappa shape index (κ2) is 23.3. The standard InChI is InChI=1S/C28H59N2/c1-4-5-6-7-8-9-10-11-12-13-14-15-16-17-18-19-20-21-22-23-24-27-30(2,3)28-25-26-29/h11-12H,4-10,13-29H2,1-3H3/q+1/b12-11-. The molecular formula is C28H59N2+. The molecule has 0 saturated carbocycles. The SMILES string of the molecule is CCCCCCCC/C=C\CCCCCCCCCCCCC[N+](C)(C)CCCN. The lowest BCUT2D eigenvalue weighted by Crippen LogP contribution is -2.41. The summed E-state index contributed by atoms with van der Waals surface area (Å²) in [6.07, 6.45) is 32.9. The highest BCUT2D eigenvalue weighted by Gasteiger charge is 2.12. The van der Waals surface area contributed by atoms with Gasteiger partial charge < -0.3 is 10.2 Å². The third-order valence-electron chi connectivity index (χ3n) is 6.49. The smallest absolute Gasteiger partial charge is 0.0794 e. The Labute approximate surface area is 191 Å². The van der Waals surface area contributed by atoms with Crippen LogP contribution in [0.25, 0.3) is 0 Å². The fourth-order valence-electron chi connectivity index (χ4n) is 4.30. The van der Waals surface area contributed by atoms with Crippen molar-refractivity contribution in [1.82, 2.24) is 0 Å². The zero-order valence-corrected chi connectivity index (χ0v) is 21.4. The van der Waals surface area contributed by atoms with Crippen molar-refractivity contribution in [2.24, 2.45) is 5.73 Å². The Bertz CT molecular complexity index is 349. The first-order valence-electron chi connectivity index (χ1n) is 13.8. The number of nitrogens with two attached hydrogens (primary N) is 1. The summed E-state index contributed by atoms with van der Waals surface area (Å²) in [5.74, 6) is 0. The highest BCUT2D eigenvalue weighted by Crippen LogP contribution is 2.13. The molecule has 0 fully saturated rings. The number of rotatable bonds is 24. The normalized spacial score (nSPS) is 12.3. The first kappa shape index (κ1) is 29.7. The molecule has 0 amide bonds.